The van der Waals surface area contributed by atoms with Gasteiger partial charge in [-0.05, 0) is 191 Å². The normalized spacial score (nSPS) is 11.9. The van der Waals surface area contributed by atoms with E-state index in [1.807, 2.05) is 0 Å². The molecule has 0 N–H and O–H groups in total. The predicted molar refractivity (Wildman–Crippen MR) is 333 cm³/mol. The third-order valence-corrected chi connectivity index (χ3v) is 16.5. The molecular weight excluding hydrogens is 949 g/mol. The molecule has 0 aliphatic carbocycles. The maximum Gasteiger partial charge on any atom is 0.144 e. The highest BCUT2D eigenvalue weighted by Gasteiger charge is 2.29. The van der Waals surface area contributed by atoms with Crippen molar-refractivity contribution in [3.8, 4) is 22.3 Å². The molecule has 4 nitrogen and oxygen atoms in total. The average molecular weight is 1010 g/mol. The molecule has 0 atom stereocenters. The van der Waals surface area contributed by atoms with E-state index in [2.05, 4.69) is 273 Å². The Morgan fingerprint density at radius 1 is 0.333 bits per heavy atom. The molecule has 0 aliphatic heterocycles. The lowest BCUT2D eigenvalue weighted by Gasteiger charge is -2.31. The summed E-state index contributed by atoms with van der Waals surface area (Å²) in [5, 5.41) is 8.67. The van der Waals surface area contributed by atoms with Crippen LogP contribution in [0.25, 0.3) is 87.7 Å². The van der Waals surface area contributed by atoms with Crippen LogP contribution in [0.2, 0.25) is 0 Å². The van der Waals surface area contributed by atoms with Crippen molar-refractivity contribution in [2.24, 2.45) is 0 Å². The molecule has 382 valence electrons. The molecule has 0 unspecified atom stereocenters. The first-order valence-electron chi connectivity index (χ1n) is 27.6. The van der Waals surface area contributed by atoms with Gasteiger partial charge in [0.15, 0.2) is 0 Å². The number of benzene rings is 11. The molecule has 0 bridgehead atoms. The van der Waals surface area contributed by atoms with Gasteiger partial charge < -0.3 is 18.6 Å². The molecule has 0 saturated carbocycles. The molecule has 4 heteroatoms. The monoisotopic (exact) mass is 1010 g/mol. The van der Waals surface area contributed by atoms with Crippen LogP contribution in [0.1, 0.15) is 84.0 Å². The number of fused-ring (bicyclic) bond motifs is 8. The van der Waals surface area contributed by atoms with Gasteiger partial charge in [-0.2, -0.15) is 0 Å². The molecule has 0 spiro atoms. The summed E-state index contributed by atoms with van der Waals surface area (Å²) in [6.45, 7) is 22.4. The van der Waals surface area contributed by atoms with Gasteiger partial charge in [-0.15, -0.1) is 0 Å². The quantitative estimate of drug-likeness (QED) is 0.137. The number of rotatable bonds is 10. The average Bonchev–Trinajstić information content (AvgIpc) is 4.03. The minimum Gasteiger partial charge on any atom is -0.455 e. The predicted octanol–water partition coefficient (Wildman–Crippen LogP) is 22.2. The van der Waals surface area contributed by atoms with Gasteiger partial charge in [-0.25, -0.2) is 0 Å². The van der Waals surface area contributed by atoms with Gasteiger partial charge in [-0.3, -0.25) is 0 Å². The second kappa shape index (κ2) is 19.0. The molecule has 2 aromatic heterocycles. The van der Waals surface area contributed by atoms with E-state index in [1.165, 1.54) is 67.3 Å². The van der Waals surface area contributed by atoms with Crippen LogP contribution in [-0.4, -0.2) is 0 Å². The summed E-state index contributed by atoms with van der Waals surface area (Å²) in [4.78, 5) is 4.93. The number of hydrogen-bond donors (Lipinski definition) is 0. The fourth-order valence-corrected chi connectivity index (χ4v) is 12.3. The van der Waals surface area contributed by atoms with Gasteiger partial charge in [0, 0.05) is 55.4 Å². The van der Waals surface area contributed by atoms with Crippen LogP contribution < -0.4 is 9.80 Å². The Balaban J connectivity index is 1.06. The van der Waals surface area contributed by atoms with E-state index in [4.69, 9.17) is 8.83 Å². The van der Waals surface area contributed by atoms with Crippen molar-refractivity contribution in [3.63, 3.8) is 0 Å². The zero-order valence-electron chi connectivity index (χ0n) is 46.3. The van der Waals surface area contributed by atoms with Crippen LogP contribution in [0.5, 0.6) is 0 Å². The van der Waals surface area contributed by atoms with E-state index in [1.54, 1.807) is 0 Å². The van der Waals surface area contributed by atoms with Gasteiger partial charge in [0.2, 0.25) is 0 Å². The van der Waals surface area contributed by atoms with Crippen LogP contribution >= 0.6 is 0 Å². The summed E-state index contributed by atoms with van der Waals surface area (Å²) in [7, 11) is 0. The molecule has 11 aromatic carbocycles. The van der Waals surface area contributed by atoms with Crippen molar-refractivity contribution in [1.29, 1.82) is 0 Å². The lowest BCUT2D eigenvalue weighted by molar-refractivity contribution is 0.666. The summed E-state index contributed by atoms with van der Waals surface area (Å²) >= 11 is 0. The standard InChI is InChI=1S/C74H64N2O2/c1-43(2)53-29-27-45(5)63(39-53)75(71-47(7)19-17-20-48(71)8)59-33-31-55-37-61-65(41-57(55)35-59)77-73-68(52-25-15-12-16-26-52)70-62-38-56-32-34-60(36-58(56)42-66(62)78-74(70)67(69(61)73)51-23-13-11-14-24-51)76(72-49(9)21-18-22-50(72)10)64-40-54(44(3)4)30-28-46(64)6/h11-44H,1-10H3. The Bertz CT molecular complexity index is 4190. The van der Waals surface area contributed by atoms with Crippen molar-refractivity contribution < 1.29 is 8.83 Å². The topological polar surface area (TPSA) is 32.8 Å². The number of hydrogen-bond acceptors (Lipinski definition) is 4. The summed E-state index contributed by atoms with van der Waals surface area (Å²) in [6.07, 6.45) is 0. The summed E-state index contributed by atoms with van der Waals surface area (Å²) in [6, 6.07) is 71.5. The minimum atomic E-state index is 0.394. The van der Waals surface area contributed by atoms with Gasteiger partial charge >= 0.3 is 0 Å². The molecule has 13 aromatic rings. The highest BCUT2D eigenvalue weighted by atomic mass is 16.3. The molecular formula is C74H64N2O2. The lowest BCUT2D eigenvalue weighted by atomic mass is 9.90. The number of aryl methyl sites for hydroxylation is 6. The third-order valence-electron chi connectivity index (χ3n) is 16.5. The zero-order valence-corrected chi connectivity index (χ0v) is 46.3. The zero-order chi connectivity index (χ0) is 53.7. The summed E-state index contributed by atoms with van der Waals surface area (Å²) in [5.41, 5.74) is 24.5. The van der Waals surface area contributed by atoms with Crippen molar-refractivity contribution in [2.45, 2.75) is 81.1 Å². The van der Waals surface area contributed by atoms with E-state index >= 15 is 0 Å². The molecule has 0 fully saturated rings. The van der Waals surface area contributed by atoms with Crippen LogP contribution in [-0.2, 0) is 0 Å². The third kappa shape index (κ3) is 8.04. The van der Waals surface area contributed by atoms with Crippen molar-refractivity contribution in [1.82, 2.24) is 0 Å². The highest BCUT2D eigenvalue weighted by molar-refractivity contribution is 6.31. The molecule has 0 saturated heterocycles. The second-order valence-corrected chi connectivity index (χ2v) is 22.4. The van der Waals surface area contributed by atoms with Crippen LogP contribution in [0.15, 0.2) is 203 Å². The Morgan fingerprint density at radius 3 is 1.09 bits per heavy atom. The Morgan fingerprint density at radius 2 is 0.718 bits per heavy atom. The maximum absolute atomic E-state index is 7.41. The van der Waals surface area contributed by atoms with E-state index in [0.29, 0.717) is 11.8 Å². The van der Waals surface area contributed by atoms with Crippen LogP contribution in [0.3, 0.4) is 0 Å². The number of anilines is 6. The van der Waals surface area contributed by atoms with Gasteiger partial charge in [0.05, 0.1) is 11.4 Å². The summed E-state index contributed by atoms with van der Waals surface area (Å²) < 4.78 is 14.8. The Hall–Kier alpha value is -8.86. The van der Waals surface area contributed by atoms with Crippen molar-refractivity contribution in [2.75, 3.05) is 9.80 Å². The Labute approximate surface area is 457 Å². The molecule has 13 rings (SSSR count). The number of para-hydroxylation sites is 2. The molecule has 0 radical (unpaired) electrons. The van der Waals surface area contributed by atoms with Gasteiger partial charge in [0.25, 0.3) is 0 Å². The van der Waals surface area contributed by atoms with E-state index < -0.39 is 0 Å². The first-order valence-corrected chi connectivity index (χ1v) is 27.6. The smallest absolute Gasteiger partial charge is 0.144 e. The van der Waals surface area contributed by atoms with Crippen LogP contribution in [0.4, 0.5) is 34.1 Å². The van der Waals surface area contributed by atoms with Gasteiger partial charge in [0.1, 0.15) is 22.3 Å². The number of nitrogens with zero attached hydrogens (tertiary/aromatic N) is 2. The van der Waals surface area contributed by atoms with Crippen LogP contribution in [0, 0.1) is 41.5 Å². The van der Waals surface area contributed by atoms with E-state index in [-0.39, 0.29) is 0 Å². The van der Waals surface area contributed by atoms with E-state index in [9.17, 15) is 0 Å². The molecule has 0 amide bonds. The maximum atomic E-state index is 7.41. The largest absolute Gasteiger partial charge is 0.455 e. The lowest BCUT2D eigenvalue weighted by Crippen LogP contribution is -2.14. The van der Waals surface area contributed by atoms with E-state index in [0.717, 1.165) is 99.1 Å². The van der Waals surface area contributed by atoms with Crippen molar-refractivity contribution in [3.05, 3.63) is 239 Å². The van der Waals surface area contributed by atoms with Gasteiger partial charge in [-0.1, -0.05) is 161 Å². The highest BCUT2D eigenvalue weighted by Crippen LogP contribution is 2.53. The fourth-order valence-electron chi connectivity index (χ4n) is 12.3. The Kier molecular flexibility index (Phi) is 11.9. The number of furan rings is 2. The first-order chi connectivity index (χ1) is 37.8. The fraction of sp³-hybridized carbons (Fsp3) is 0.162. The first kappa shape index (κ1) is 48.8. The second-order valence-electron chi connectivity index (χ2n) is 22.4. The SMILES string of the molecule is Cc1ccc(C(C)C)cc1N(c1ccc2cc3c(cc2c1)oc1c(-c2ccccc2)c2c(oc4cc5cc(N(c6cc(C(C)C)ccc6C)c6c(C)cccc6C)ccc5cc42)c(-c2ccccc2)c13)c1c(C)cccc1C. The minimum absolute atomic E-state index is 0.394. The summed E-state index contributed by atoms with van der Waals surface area (Å²) in [5.74, 6) is 0.787. The molecule has 2 heterocycles. The molecule has 78 heavy (non-hydrogen) atoms. The van der Waals surface area contributed by atoms with Crippen molar-refractivity contribution >= 4 is 99.5 Å². The molecule has 0 aliphatic rings.